The van der Waals surface area contributed by atoms with Crippen molar-refractivity contribution in [2.75, 3.05) is 11.9 Å². The highest BCUT2D eigenvalue weighted by Crippen LogP contribution is 2.10. The third-order valence-electron chi connectivity index (χ3n) is 2.81. The number of nitrogens with zero attached hydrogens (tertiary/aromatic N) is 3. The van der Waals surface area contributed by atoms with Crippen LogP contribution in [0.3, 0.4) is 0 Å². The van der Waals surface area contributed by atoms with E-state index in [9.17, 15) is 4.79 Å². The molecule has 0 fully saturated rings. The zero-order valence-electron chi connectivity index (χ0n) is 10.9. The molecule has 2 N–H and O–H groups in total. The zero-order valence-corrected chi connectivity index (χ0v) is 10.9. The summed E-state index contributed by atoms with van der Waals surface area (Å²) >= 11 is 0. The average Bonchev–Trinajstić information content (AvgIpc) is 2.74. The first kappa shape index (κ1) is 13.1. The minimum Gasteiger partial charge on any atom is -0.478 e. The van der Waals surface area contributed by atoms with E-state index in [1.165, 1.54) is 0 Å². The van der Waals surface area contributed by atoms with Crippen molar-refractivity contribution in [2.45, 2.75) is 13.3 Å². The molecule has 100 valence electrons. The molecule has 6 nitrogen and oxygen atoms in total. The monoisotopic (exact) mass is 260 g/mol. The van der Waals surface area contributed by atoms with Gasteiger partial charge in [0, 0.05) is 37.6 Å². The molecule has 2 aromatic rings. The van der Waals surface area contributed by atoms with Crippen molar-refractivity contribution in [3.63, 3.8) is 0 Å². The number of nitrogens with one attached hydrogen (secondary N) is 1. The Balaban J connectivity index is 2.00. The number of aromatic carboxylic acids is 1. The maximum Gasteiger partial charge on any atom is 0.335 e. The van der Waals surface area contributed by atoms with Gasteiger partial charge < -0.3 is 10.4 Å². The lowest BCUT2D eigenvalue weighted by Crippen LogP contribution is -2.10. The van der Waals surface area contributed by atoms with Gasteiger partial charge in [-0.25, -0.2) is 9.78 Å². The van der Waals surface area contributed by atoms with Crippen LogP contribution in [0.2, 0.25) is 0 Å². The van der Waals surface area contributed by atoms with Gasteiger partial charge in [0.1, 0.15) is 5.82 Å². The summed E-state index contributed by atoms with van der Waals surface area (Å²) in [7, 11) is 1.89. The number of hydrogen-bond donors (Lipinski definition) is 2. The molecule has 0 radical (unpaired) electrons. The number of carboxylic acids is 1. The van der Waals surface area contributed by atoms with E-state index in [4.69, 9.17) is 5.11 Å². The van der Waals surface area contributed by atoms with Gasteiger partial charge in [-0.05, 0) is 25.1 Å². The molecule has 2 rings (SSSR count). The maximum absolute atomic E-state index is 10.9. The number of hydrogen-bond acceptors (Lipinski definition) is 4. The standard InChI is InChI=1S/C13H16N4O2/c1-9-7-10(13(18)19)8-12(16-9)14-5-3-11-4-6-15-17(11)2/h4,6-8H,3,5H2,1-2H3,(H,14,16)(H,18,19). The van der Waals surface area contributed by atoms with E-state index < -0.39 is 5.97 Å². The minimum absolute atomic E-state index is 0.246. The summed E-state index contributed by atoms with van der Waals surface area (Å²) in [5.74, 6) is -0.361. The van der Waals surface area contributed by atoms with Gasteiger partial charge in [-0.1, -0.05) is 0 Å². The highest BCUT2D eigenvalue weighted by atomic mass is 16.4. The Labute approximate surface area is 111 Å². The van der Waals surface area contributed by atoms with E-state index >= 15 is 0 Å². The number of aryl methyl sites for hydroxylation is 2. The molecule has 2 aromatic heterocycles. The van der Waals surface area contributed by atoms with Gasteiger partial charge in [0.15, 0.2) is 0 Å². The van der Waals surface area contributed by atoms with Crippen LogP contribution in [0.15, 0.2) is 24.4 Å². The Morgan fingerprint density at radius 1 is 1.47 bits per heavy atom. The fourth-order valence-electron chi connectivity index (χ4n) is 1.85. The lowest BCUT2D eigenvalue weighted by atomic mass is 10.2. The average molecular weight is 260 g/mol. The first-order valence-electron chi connectivity index (χ1n) is 5.99. The fourth-order valence-corrected chi connectivity index (χ4v) is 1.85. The molecular weight excluding hydrogens is 244 g/mol. The molecule has 2 heterocycles. The first-order valence-corrected chi connectivity index (χ1v) is 5.99. The van der Waals surface area contributed by atoms with E-state index in [1.807, 2.05) is 17.8 Å². The van der Waals surface area contributed by atoms with E-state index in [0.29, 0.717) is 18.1 Å². The lowest BCUT2D eigenvalue weighted by Gasteiger charge is -2.07. The molecule has 0 aliphatic carbocycles. The van der Waals surface area contributed by atoms with Gasteiger partial charge >= 0.3 is 5.97 Å². The molecule has 0 unspecified atom stereocenters. The summed E-state index contributed by atoms with van der Waals surface area (Å²) in [6, 6.07) is 5.04. The fraction of sp³-hybridized carbons (Fsp3) is 0.308. The van der Waals surface area contributed by atoms with Gasteiger partial charge in [0.2, 0.25) is 0 Å². The Morgan fingerprint density at radius 2 is 2.26 bits per heavy atom. The van der Waals surface area contributed by atoms with Crippen LogP contribution in [0.5, 0.6) is 0 Å². The number of carboxylic acid groups (broad SMARTS) is 1. The van der Waals surface area contributed by atoms with Crippen molar-refractivity contribution in [3.8, 4) is 0 Å². The second kappa shape index (κ2) is 5.51. The van der Waals surface area contributed by atoms with Gasteiger partial charge in [-0.3, -0.25) is 4.68 Å². The number of anilines is 1. The number of rotatable bonds is 5. The lowest BCUT2D eigenvalue weighted by molar-refractivity contribution is 0.0696. The smallest absolute Gasteiger partial charge is 0.335 e. The van der Waals surface area contributed by atoms with E-state index in [-0.39, 0.29) is 5.56 Å². The van der Waals surface area contributed by atoms with Crippen LogP contribution < -0.4 is 5.32 Å². The summed E-state index contributed by atoms with van der Waals surface area (Å²) in [4.78, 5) is 15.2. The van der Waals surface area contributed by atoms with Crippen LogP contribution in [0.1, 0.15) is 21.7 Å². The van der Waals surface area contributed by atoms with Crippen molar-refractivity contribution in [1.29, 1.82) is 0 Å². The van der Waals surface area contributed by atoms with Crippen LogP contribution in [-0.4, -0.2) is 32.4 Å². The first-order chi connectivity index (χ1) is 9.06. The van der Waals surface area contributed by atoms with Crippen LogP contribution in [-0.2, 0) is 13.5 Å². The predicted molar refractivity (Wildman–Crippen MR) is 71.3 cm³/mol. The molecular formula is C13H16N4O2. The maximum atomic E-state index is 10.9. The van der Waals surface area contributed by atoms with Gasteiger partial charge in [-0.15, -0.1) is 0 Å². The SMILES string of the molecule is Cc1cc(C(=O)O)cc(NCCc2ccnn2C)n1. The molecule has 0 spiro atoms. The summed E-state index contributed by atoms with van der Waals surface area (Å²) in [5, 5.41) is 16.2. The van der Waals surface area contributed by atoms with Crippen molar-refractivity contribution >= 4 is 11.8 Å². The molecule has 0 aromatic carbocycles. The minimum atomic E-state index is -0.944. The number of pyridine rings is 1. The Hall–Kier alpha value is -2.37. The second-order valence-corrected chi connectivity index (χ2v) is 4.31. The number of carbonyl (C=O) groups is 1. The largest absolute Gasteiger partial charge is 0.478 e. The van der Waals surface area contributed by atoms with Crippen LogP contribution >= 0.6 is 0 Å². The summed E-state index contributed by atoms with van der Waals surface area (Å²) < 4.78 is 1.81. The third kappa shape index (κ3) is 3.31. The van der Waals surface area contributed by atoms with E-state index in [1.54, 1.807) is 25.3 Å². The Kier molecular flexibility index (Phi) is 3.79. The quantitative estimate of drug-likeness (QED) is 0.851. The van der Waals surface area contributed by atoms with Crippen LogP contribution in [0.25, 0.3) is 0 Å². The molecule has 0 aliphatic rings. The van der Waals surface area contributed by atoms with E-state index in [0.717, 1.165) is 12.1 Å². The third-order valence-corrected chi connectivity index (χ3v) is 2.81. The Morgan fingerprint density at radius 3 is 2.89 bits per heavy atom. The molecule has 6 heteroatoms. The van der Waals surface area contributed by atoms with Gasteiger partial charge in [0.25, 0.3) is 0 Å². The van der Waals surface area contributed by atoms with Gasteiger partial charge in [-0.2, -0.15) is 5.10 Å². The highest BCUT2D eigenvalue weighted by molar-refractivity contribution is 5.88. The molecule has 0 bridgehead atoms. The van der Waals surface area contributed by atoms with Crippen molar-refractivity contribution < 1.29 is 9.90 Å². The molecule has 0 amide bonds. The van der Waals surface area contributed by atoms with Crippen LogP contribution in [0, 0.1) is 6.92 Å². The predicted octanol–water partition coefficient (Wildman–Crippen LogP) is 1.48. The van der Waals surface area contributed by atoms with Crippen LogP contribution in [0.4, 0.5) is 5.82 Å². The van der Waals surface area contributed by atoms with Crippen molar-refractivity contribution in [1.82, 2.24) is 14.8 Å². The molecule has 0 atom stereocenters. The van der Waals surface area contributed by atoms with Gasteiger partial charge in [0.05, 0.1) is 5.56 Å². The molecule has 0 aliphatic heterocycles. The molecule has 0 saturated heterocycles. The molecule has 19 heavy (non-hydrogen) atoms. The topological polar surface area (TPSA) is 80.0 Å². The highest BCUT2D eigenvalue weighted by Gasteiger charge is 2.06. The van der Waals surface area contributed by atoms with Crippen molar-refractivity contribution in [3.05, 3.63) is 41.3 Å². The molecule has 0 saturated carbocycles. The summed E-state index contributed by atoms with van der Waals surface area (Å²) in [5.41, 5.74) is 2.04. The number of aromatic nitrogens is 3. The van der Waals surface area contributed by atoms with E-state index in [2.05, 4.69) is 15.4 Å². The summed E-state index contributed by atoms with van der Waals surface area (Å²) in [6.07, 6.45) is 2.55. The zero-order chi connectivity index (χ0) is 13.8. The summed E-state index contributed by atoms with van der Waals surface area (Å²) in [6.45, 7) is 2.45. The normalized spacial score (nSPS) is 10.4. The van der Waals surface area contributed by atoms with Crippen molar-refractivity contribution in [2.24, 2.45) is 7.05 Å². The Bertz CT molecular complexity index is 592. The second-order valence-electron chi connectivity index (χ2n) is 4.31.